The van der Waals surface area contributed by atoms with Crippen molar-refractivity contribution >= 4 is 22.1 Å². The van der Waals surface area contributed by atoms with Gasteiger partial charge in [0.05, 0.1) is 5.41 Å². The Labute approximate surface area is 113 Å². The zero-order valence-electron chi connectivity index (χ0n) is 11.9. The van der Waals surface area contributed by atoms with Crippen LogP contribution in [-0.2, 0) is 10.2 Å². The van der Waals surface area contributed by atoms with Gasteiger partial charge in [0.15, 0.2) is 5.78 Å². The minimum absolute atomic E-state index is 0.243. The molecule has 1 aliphatic rings. The second-order valence-electron chi connectivity index (χ2n) is 5.91. The van der Waals surface area contributed by atoms with Crippen LogP contribution in [0.2, 0.25) is 0 Å². The van der Waals surface area contributed by atoms with E-state index in [4.69, 9.17) is 0 Å². The lowest BCUT2D eigenvalue weighted by Gasteiger charge is -2.33. The SMILES string of the molecule is CC1=C(C)c2c(ccc3ccccc23)C(C)(C)C1=O. The number of rotatable bonds is 0. The van der Waals surface area contributed by atoms with Gasteiger partial charge in [0.25, 0.3) is 0 Å². The molecule has 0 N–H and O–H groups in total. The summed E-state index contributed by atoms with van der Waals surface area (Å²) < 4.78 is 0. The lowest BCUT2D eigenvalue weighted by Crippen LogP contribution is -2.34. The van der Waals surface area contributed by atoms with Crippen LogP contribution < -0.4 is 0 Å². The van der Waals surface area contributed by atoms with Gasteiger partial charge in [0.1, 0.15) is 0 Å². The number of carbonyl (C=O) groups excluding carboxylic acids is 1. The number of allylic oxidation sites excluding steroid dienone is 2. The Morgan fingerprint density at radius 3 is 2.32 bits per heavy atom. The highest BCUT2D eigenvalue weighted by molar-refractivity contribution is 6.14. The number of ketones is 1. The smallest absolute Gasteiger partial charge is 0.168 e. The van der Waals surface area contributed by atoms with Crippen molar-refractivity contribution in [1.29, 1.82) is 0 Å². The van der Waals surface area contributed by atoms with Crippen molar-refractivity contribution in [1.82, 2.24) is 0 Å². The van der Waals surface area contributed by atoms with Gasteiger partial charge in [-0.2, -0.15) is 0 Å². The summed E-state index contributed by atoms with van der Waals surface area (Å²) in [5, 5.41) is 2.48. The molecule has 0 heterocycles. The molecule has 2 aromatic carbocycles. The first-order chi connectivity index (χ1) is 8.94. The average molecular weight is 250 g/mol. The number of hydrogen-bond donors (Lipinski definition) is 0. The van der Waals surface area contributed by atoms with Gasteiger partial charge in [-0.3, -0.25) is 4.79 Å². The van der Waals surface area contributed by atoms with Gasteiger partial charge in [-0.1, -0.05) is 36.4 Å². The van der Waals surface area contributed by atoms with Crippen LogP contribution in [0.1, 0.15) is 38.8 Å². The maximum atomic E-state index is 12.5. The number of benzene rings is 2. The first-order valence-electron chi connectivity index (χ1n) is 6.69. The first kappa shape index (κ1) is 12.2. The molecular formula is C18H18O. The molecule has 0 fully saturated rings. The van der Waals surface area contributed by atoms with E-state index in [-0.39, 0.29) is 5.78 Å². The highest BCUT2D eigenvalue weighted by Gasteiger charge is 2.37. The molecule has 0 amide bonds. The third kappa shape index (κ3) is 1.51. The fourth-order valence-corrected chi connectivity index (χ4v) is 3.15. The number of carbonyl (C=O) groups is 1. The predicted molar refractivity (Wildman–Crippen MR) is 80.2 cm³/mol. The van der Waals surface area contributed by atoms with Crippen LogP contribution in [0.5, 0.6) is 0 Å². The van der Waals surface area contributed by atoms with Crippen LogP contribution in [0, 0.1) is 0 Å². The highest BCUT2D eigenvalue weighted by atomic mass is 16.1. The van der Waals surface area contributed by atoms with Crippen molar-refractivity contribution in [2.24, 2.45) is 0 Å². The van der Waals surface area contributed by atoms with E-state index in [1.54, 1.807) is 0 Å². The van der Waals surface area contributed by atoms with Crippen molar-refractivity contribution < 1.29 is 4.79 Å². The molecule has 19 heavy (non-hydrogen) atoms. The Kier molecular flexibility index (Phi) is 2.43. The summed E-state index contributed by atoms with van der Waals surface area (Å²) >= 11 is 0. The molecule has 0 bridgehead atoms. The second kappa shape index (κ2) is 3.80. The summed E-state index contributed by atoms with van der Waals surface area (Å²) in [6.45, 7) is 8.07. The molecule has 2 aromatic rings. The van der Waals surface area contributed by atoms with Gasteiger partial charge < -0.3 is 0 Å². The normalized spacial score (nSPS) is 17.8. The summed E-state index contributed by atoms with van der Waals surface area (Å²) in [5.41, 5.74) is 3.99. The first-order valence-corrected chi connectivity index (χ1v) is 6.69. The molecule has 1 heteroatoms. The lowest BCUT2D eigenvalue weighted by molar-refractivity contribution is -0.119. The Morgan fingerprint density at radius 1 is 0.895 bits per heavy atom. The Hall–Kier alpha value is -1.89. The molecular weight excluding hydrogens is 232 g/mol. The topological polar surface area (TPSA) is 17.1 Å². The molecule has 0 atom stereocenters. The predicted octanol–water partition coefficient (Wildman–Crippen LogP) is 4.49. The van der Waals surface area contributed by atoms with Crippen LogP contribution in [0.4, 0.5) is 0 Å². The molecule has 0 saturated heterocycles. The van der Waals surface area contributed by atoms with Gasteiger partial charge in [-0.05, 0) is 60.7 Å². The number of fused-ring (bicyclic) bond motifs is 3. The van der Waals surface area contributed by atoms with Crippen molar-refractivity contribution in [2.45, 2.75) is 33.1 Å². The summed E-state index contributed by atoms with van der Waals surface area (Å²) in [6.07, 6.45) is 0. The van der Waals surface area contributed by atoms with E-state index in [9.17, 15) is 4.79 Å². The Bertz CT molecular complexity index is 732. The fraction of sp³-hybridized carbons (Fsp3) is 0.278. The number of Topliss-reactive ketones (excluding diaryl/α,β-unsaturated/α-hetero) is 1. The monoisotopic (exact) mass is 250 g/mol. The Balaban J connectivity index is 2.51. The molecule has 0 saturated carbocycles. The third-order valence-electron chi connectivity index (χ3n) is 4.45. The fourth-order valence-electron chi connectivity index (χ4n) is 3.15. The molecule has 1 aliphatic carbocycles. The molecule has 1 nitrogen and oxygen atoms in total. The van der Waals surface area contributed by atoms with Crippen LogP contribution in [0.15, 0.2) is 42.0 Å². The molecule has 0 spiro atoms. The molecule has 0 unspecified atom stereocenters. The van der Waals surface area contributed by atoms with E-state index in [1.807, 2.05) is 20.8 Å². The van der Waals surface area contributed by atoms with Gasteiger partial charge >= 0.3 is 0 Å². The van der Waals surface area contributed by atoms with Crippen LogP contribution >= 0.6 is 0 Å². The second-order valence-corrected chi connectivity index (χ2v) is 5.91. The van der Waals surface area contributed by atoms with E-state index in [2.05, 4.69) is 43.3 Å². The summed E-state index contributed by atoms with van der Waals surface area (Å²) in [5.74, 6) is 0.243. The Morgan fingerprint density at radius 2 is 1.58 bits per heavy atom. The molecule has 0 aliphatic heterocycles. The summed E-state index contributed by atoms with van der Waals surface area (Å²) in [4.78, 5) is 12.5. The quantitative estimate of drug-likeness (QED) is 0.673. The molecule has 3 rings (SSSR count). The zero-order valence-corrected chi connectivity index (χ0v) is 11.9. The third-order valence-corrected chi connectivity index (χ3v) is 4.45. The molecule has 96 valence electrons. The van der Waals surface area contributed by atoms with Gasteiger partial charge in [0, 0.05) is 0 Å². The van der Waals surface area contributed by atoms with E-state index in [0.717, 1.165) is 16.7 Å². The van der Waals surface area contributed by atoms with Gasteiger partial charge in [0.2, 0.25) is 0 Å². The zero-order chi connectivity index (χ0) is 13.8. The molecule has 0 radical (unpaired) electrons. The highest BCUT2D eigenvalue weighted by Crippen LogP contribution is 2.42. The maximum Gasteiger partial charge on any atom is 0.168 e. The van der Waals surface area contributed by atoms with Crippen molar-refractivity contribution in [3.63, 3.8) is 0 Å². The van der Waals surface area contributed by atoms with Crippen molar-refractivity contribution in [2.75, 3.05) is 0 Å². The summed E-state index contributed by atoms with van der Waals surface area (Å²) in [6, 6.07) is 12.6. The largest absolute Gasteiger partial charge is 0.294 e. The number of hydrogen-bond acceptors (Lipinski definition) is 1. The standard InChI is InChI=1S/C18H18O/c1-11-12(2)17(19)18(3,4)15-10-9-13-7-5-6-8-14(13)16(11)15/h5-10H,1-4H3. The van der Waals surface area contributed by atoms with E-state index in [1.165, 1.54) is 16.3 Å². The average Bonchev–Trinajstić information content (AvgIpc) is 2.42. The summed E-state index contributed by atoms with van der Waals surface area (Å²) in [7, 11) is 0. The van der Waals surface area contributed by atoms with Gasteiger partial charge in [-0.25, -0.2) is 0 Å². The van der Waals surface area contributed by atoms with E-state index >= 15 is 0 Å². The van der Waals surface area contributed by atoms with Crippen molar-refractivity contribution in [3.8, 4) is 0 Å². The lowest BCUT2D eigenvalue weighted by atomic mass is 9.69. The minimum atomic E-state index is -0.428. The van der Waals surface area contributed by atoms with Gasteiger partial charge in [-0.15, -0.1) is 0 Å². The van der Waals surface area contributed by atoms with Crippen LogP contribution in [0.3, 0.4) is 0 Å². The van der Waals surface area contributed by atoms with Crippen LogP contribution in [0.25, 0.3) is 16.3 Å². The van der Waals surface area contributed by atoms with Crippen molar-refractivity contribution in [3.05, 3.63) is 53.1 Å². The minimum Gasteiger partial charge on any atom is -0.294 e. The van der Waals surface area contributed by atoms with E-state index in [0.29, 0.717) is 0 Å². The molecule has 0 aromatic heterocycles. The van der Waals surface area contributed by atoms with Crippen LogP contribution in [-0.4, -0.2) is 5.78 Å². The maximum absolute atomic E-state index is 12.5. The van der Waals surface area contributed by atoms with E-state index < -0.39 is 5.41 Å².